The number of aryl methyl sites for hydroxylation is 4. The summed E-state index contributed by atoms with van der Waals surface area (Å²) in [7, 11) is 0. The van der Waals surface area contributed by atoms with Gasteiger partial charge >= 0.3 is 0 Å². The van der Waals surface area contributed by atoms with E-state index in [0.29, 0.717) is 5.56 Å². The summed E-state index contributed by atoms with van der Waals surface area (Å²) < 4.78 is 2.29. The highest BCUT2D eigenvalue weighted by Crippen LogP contribution is 2.27. The van der Waals surface area contributed by atoms with E-state index in [2.05, 4.69) is 36.7 Å². The van der Waals surface area contributed by atoms with Gasteiger partial charge < -0.3 is 9.88 Å². The average Bonchev–Trinajstić information content (AvgIpc) is 2.81. The zero-order valence-corrected chi connectivity index (χ0v) is 15.0. The third kappa shape index (κ3) is 2.60. The number of rotatable bonds is 3. The SMILES string of the molecule is CCn1c(C)c(C)c2cc(C(=O)Nc3c(C)cccc3C)ccc21. The summed E-state index contributed by atoms with van der Waals surface area (Å²) >= 11 is 0. The van der Waals surface area contributed by atoms with Gasteiger partial charge in [0.2, 0.25) is 0 Å². The highest BCUT2D eigenvalue weighted by atomic mass is 16.1. The fourth-order valence-corrected chi connectivity index (χ4v) is 3.40. The normalized spacial score (nSPS) is 11.0. The minimum absolute atomic E-state index is 0.0596. The van der Waals surface area contributed by atoms with Gasteiger partial charge in [-0.3, -0.25) is 4.79 Å². The molecule has 0 spiro atoms. The molecule has 1 amide bonds. The molecule has 24 heavy (non-hydrogen) atoms. The van der Waals surface area contributed by atoms with Gasteiger partial charge in [-0.2, -0.15) is 0 Å². The second kappa shape index (κ2) is 6.16. The van der Waals surface area contributed by atoms with E-state index in [4.69, 9.17) is 0 Å². The van der Waals surface area contributed by atoms with Crippen LogP contribution >= 0.6 is 0 Å². The molecule has 0 aliphatic rings. The molecule has 1 aromatic heterocycles. The van der Waals surface area contributed by atoms with Crippen molar-refractivity contribution in [2.24, 2.45) is 0 Å². The van der Waals surface area contributed by atoms with Crippen LogP contribution in [0.25, 0.3) is 10.9 Å². The van der Waals surface area contributed by atoms with Crippen LogP contribution in [0.15, 0.2) is 36.4 Å². The Bertz CT molecular complexity index is 914. The van der Waals surface area contributed by atoms with Crippen molar-refractivity contribution in [2.45, 2.75) is 41.2 Å². The minimum Gasteiger partial charge on any atom is -0.345 e. The molecule has 1 heterocycles. The lowest BCUT2D eigenvalue weighted by Crippen LogP contribution is -2.13. The Hall–Kier alpha value is -2.55. The van der Waals surface area contributed by atoms with Gasteiger partial charge in [-0.15, -0.1) is 0 Å². The maximum Gasteiger partial charge on any atom is 0.255 e. The van der Waals surface area contributed by atoms with Crippen molar-refractivity contribution in [2.75, 3.05) is 5.32 Å². The molecule has 0 atom stereocenters. The lowest BCUT2D eigenvalue weighted by Gasteiger charge is -2.11. The zero-order chi connectivity index (χ0) is 17.4. The van der Waals surface area contributed by atoms with Gasteiger partial charge in [-0.05, 0) is 69.5 Å². The number of nitrogens with zero attached hydrogens (tertiary/aromatic N) is 1. The third-order valence-electron chi connectivity index (χ3n) is 4.94. The number of carbonyl (C=O) groups is 1. The van der Waals surface area contributed by atoms with Crippen LogP contribution < -0.4 is 5.32 Å². The first-order valence-electron chi connectivity index (χ1n) is 8.41. The molecule has 0 fully saturated rings. The summed E-state index contributed by atoms with van der Waals surface area (Å²) in [6.45, 7) is 11.4. The summed E-state index contributed by atoms with van der Waals surface area (Å²) in [6, 6.07) is 12.0. The molecule has 3 aromatic rings. The quantitative estimate of drug-likeness (QED) is 0.711. The molecular weight excluding hydrogens is 296 g/mol. The first-order valence-corrected chi connectivity index (χ1v) is 8.41. The van der Waals surface area contributed by atoms with Crippen LogP contribution in [-0.4, -0.2) is 10.5 Å². The van der Waals surface area contributed by atoms with Crippen LogP contribution in [0.4, 0.5) is 5.69 Å². The Balaban J connectivity index is 2.01. The molecule has 0 unspecified atom stereocenters. The number of fused-ring (bicyclic) bond motifs is 1. The molecule has 0 aliphatic heterocycles. The van der Waals surface area contributed by atoms with E-state index >= 15 is 0 Å². The number of para-hydroxylation sites is 1. The maximum absolute atomic E-state index is 12.7. The molecular formula is C21H24N2O. The number of nitrogens with one attached hydrogen (secondary N) is 1. The largest absolute Gasteiger partial charge is 0.345 e. The van der Waals surface area contributed by atoms with Crippen molar-refractivity contribution < 1.29 is 4.79 Å². The van der Waals surface area contributed by atoms with Gasteiger partial charge in [0.05, 0.1) is 0 Å². The highest BCUT2D eigenvalue weighted by molar-refractivity contribution is 6.07. The van der Waals surface area contributed by atoms with Gasteiger partial charge in [0.1, 0.15) is 0 Å². The van der Waals surface area contributed by atoms with Crippen molar-refractivity contribution in [1.29, 1.82) is 0 Å². The summed E-state index contributed by atoms with van der Waals surface area (Å²) in [5.41, 5.74) is 7.45. The Morgan fingerprint density at radius 2 is 1.71 bits per heavy atom. The molecule has 124 valence electrons. The number of carbonyl (C=O) groups excluding carboxylic acids is 1. The lowest BCUT2D eigenvalue weighted by atomic mass is 10.1. The molecule has 0 saturated carbocycles. The van der Waals surface area contributed by atoms with Crippen LogP contribution in [0.1, 0.15) is 39.7 Å². The number of hydrogen-bond donors (Lipinski definition) is 1. The van der Waals surface area contributed by atoms with Gasteiger partial charge in [0.15, 0.2) is 0 Å². The number of benzene rings is 2. The summed E-state index contributed by atoms with van der Waals surface area (Å²) in [6.07, 6.45) is 0. The van der Waals surface area contributed by atoms with E-state index in [-0.39, 0.29) is 5.91 Å². The number of amides is 1. The van der Waals surface area contributed by atoms with Gasteiger partial charge in [0.25, 0.3) is 5.91 Å². The minimum atomic E-state index is -0.0596. The van der Waals surface area contributed by atoms with Gasteiger partial charge in [-0.1, -0.05) is 18.2 Å². The van der Waals surface area contributed by atoms with Crippen LogP contribution in [0.3, 0.4) is 0 Å². The number of hydrogen-bond acceptors (Lipinski definition) is 1. The zero-order valence-electron chi connectivity index (χ0n) is 15.0. The molecule has 0 bridgehead atoms. The van der Waals surface area contributed by atoms with E-state index in [1.165, 1.54) is 16.8 Å². The Morgan fingerprint density at radius 1 is 1.04 bits per heavy atom. The van der Waals surface area contributed by atoms with E-state index in [0.717, 1.165) is 28.7 Å². The van der Waals surface area contributed by atoms with E-state index in [9.17, 15) is 4.79 Å². The summed E-state index contributed by atoms with van der Waals surface area (Å²) in [4.78, 5) is 12.7. The summed E-state index contributed by atoms with van der Waals surface area (Å²) in [5.74, 6) is -0.0596. The molecule has 2 aromatic carbocycles. The fourth-order valence-electron chi connectivity index (χ4n) is 3.40. The standard InChI is InChI=1S/C21H24N2O/c1-6-23-16(5)15(4)18-12-17(10-11-19(18)23)21(24)22-20-13(2)8-7-9-14(20)3/h7-12H,6H2,1-5H3,(H,22,24). The molecule has 3 rings (SSSR count). The maximum atomic E-state index is 12.7. The van der Waals surface area contributed by atoms with E-state index in [1.54, 1.807) is 0 Å². The molecule has 0 radical (unpaired) electrons. The molecule has 0 saturated heterocycles. The average molecular weight is 320 g/mol. The van der Waals surface area contributed by atoms with Gasteiger partial charge in [-0.25, -0.2) is 0 Å². The predicted octanol–water partition coefficient (Wildman–Crippen LogP) is 5.15. The van der Waals surface area contributed by atoms with E-state index in [1.807, 2.05) is 44.2 Å². The van der Waals surface area contributed by atoms with Crippen LogP contribution in [0.5, 0.6) is 0 Å². The Morgan fingerprint density at radius 3 is 2.33 bits per heavy atom. The predicted molar refractivity (Wildman–Crippen MR) is 101 cm³/mol. The lowest BCUT2D eigenvalue weighted by molar-refractivity contribution is 0.102. The van der Waals surface area contributed by atoms with Gasteiger partial charge in [0, 0.05) is 34.4 Å². The van der Waals surface area contributed by atoms with E-state index < -0.39 is 0 Å². The smallest absolute Gasteiger partial charge is 0.255 e. The van der Waals surface area contributed by atoms with Crippen molar-refractivity contribution in [3.8, 4) is 0 Å². The second-order valence-electron chi connectivity index (χ2n) is 6.41. The molecule has 0 aliphatic carbocycles. The highest BCUT2D eigenvalue weighted by Gasteiger charge is 2.14. The first-order chi connectivity index (χ1) is 11.4. The third-order valence-corrected chi connectivity index (χ3v) is 4.94. The number of aromatic nitrogens is 1. The second-order valence-corrected chi connectivity index (χ2v) is 6.41. The Labute approximate surface area is 143 Å². The summed E-state index contributed by atoms with van der Waals surface area (Å²) in [5, 5.41) is 4.22. The monoisotopic (exact) mass is 320 g/mol. The van der Waals surface area contributed by atoms with Crippen molar-refractivity contribution >= 4 is 22.5 Å². The van der Waals surface area contributed by atoms with Crippen LogP contribution in [0, 0.1) is 27.7 Å². The van der Waals surface area contributed by atoms with Crippen molar-refractivity contribution in [1.82, 2.24) is 4.57 Å². The molecule has 3 heteroatoms. The molecule has 1 N–H and O–H groups in total. The van der Waals surface area contributed by atoms with Crippen LogP contribution in [-0.2, 0) is 6.54 Å². The first kappa shape index (κ1) is 16.3. The number of anilines is 1. The topological polar surface area (TPSA) is 34.0 Å². The fraction of sp³-hybridized carbons (Fsp3) is 0.286. The Kier molecular flexibility index (Phi) is 4.18. The van der Waals surface area contributed by atoms with Crippen molar-refractivity contribution in [3.63, 3.8) is 0 Å². The van der Waals surface area contributed by atoms with Crippen LogP contribution in [0.2, 0.25) is 0 Å². The van der Waals surface area contributed by atoms with Crippen molar-refractivity contribution in [3.05, 3.63) is 64.3 Å². The molecule has 3 nitrogen and oxygen atoms in total.